The van der Waals surface area contributed by atoms with Crippen LogP contribution in [-0.2, 0) is 6.42 Å². The molecule has 3 rings (SSSR count). The minimum atomic E-state index is -0.0271. The zero-order chi connectivity index (χ0) is 17.5. The van der Waals surface area contributed by atoms with Crippen molar-refractivity contribution < 1.29 is 4.79 Å². The lowest BCUT2D eigenvalue weighted by Crippen LogP contribution is -2.36. The lowest BCUT2D eigenvalue weighted by molar-refractivity contribution is 0.0927. The predicted molar refractivity (Wildman–Crippen MR) is 102 cm³/mol. The highest BCUT2D eigenvalue weighted by Crippen LogP contribution is 2.18. The third-order valence-electron chi connectivity index (χ3n) is 4.60. The van der Waals surface area contributed by atoms with Crippen molar-refractivity contribution >= 4 is 23.2 Å². The SMILES string of the molecule is O=C(NC1CCCCC1)c1cncc(NCCc2ccc(Cl)cc2)c1. The number of anilines is 1. The summed E-state index contributed by atoms with van der Waals surface area (Å²) in [5, 5.41) is 7.21. The zero-order valence-electron chi connectivity index (χ0n) is 14.3. The summed E-state index contributed by atoms with van der Waals surface area (Å²) >= 11 is 5.90. The van der Waals surface area contributed by atoms with Crippen LogP contribution in [0.25, 0.3) is 0 Å². The van der Waals surface area contributed by atoms with E-state index in [4.69, 9.17) is 11.6 Å². The van der Waals surface area contributed by atoms with Crippen LogP contribution in [0.4, 0.5) is 5.69 Å². The molecule has 1 heterocycles. The van der Waals surface area contributed by atoms with E-state index in [0.29, 0.717) is 11.6 Å². The Labute approximate surface area is 154 Å². The molecule has 2 N–H and O–H groups in total. The molecule has 1 saturated carbocycles. The van der Waals surface area contributed by atoms with E-state index >= 15 is 0 Å². The van der Waals surface area contributed by atoms with E-state index in [0.717, 1.165) is 36.5 Å². The molecule has 1 aromatic carbocycles. The van der Waals surface area contributed by atoms with Crippen molar-refractivity contribution in [1.29, 1.82) is 0 Å². The normalized spacial score (nSPS) is 14.9. The van der Waals surface area contributed by atoms with Crippen LogP contribution in [0.5, 0.6) is 0 Å². The van der Waals surface area contributed by atoms with Gasteiger partial charge in [-0.15, -0.1) is 0 Å². The van der Waals surface area contributed by atoms with Gasteiger partial charge in [0.2, 0.25) is 0 Å². The van der Waals surface area contributed by atoms with Crippen molar-refractivity contribution in [3.05, 3.63) is 58.9 Å². The van der Waals surface area contributed by atoms with Crippen LogP contribution in [0.15, 0.2) is 42.7 Å². The Bertz CT molecular complexity index is 696. The molecular weight excluding hydrogens is 334 g/mol. The lowest BCUT2D eigenvalue weighted by Gasteiger charge is -2.22. The Balaban J connectivity index is 1.51. The van der Waals surface area contributed by atoms with Gasteiger partial charge in [-0.1, -0.05) is 43.0 Å². The molecule has 0 unspecified atom stereocenters. The van der Waals surface area contributed by atoms with Crippen LogP contribution in [-0.4, -0.2) is 23.5 Å². The molecule has 5 heteroatoms. The second kappa shape index (κ2) is 8.86. The Hall–Kier alpha value is -2.07. The molecular formula is C20H24ClN3O. The molecule has 1 aliphatic carbocycles. The molecule has 0 radical (unpaired) electrons. The summed E-state index contributed by atoms with van der Waals surface area (Å²) in [7, 11) is 0. The number of amides is 1. The molecule has 1 fully saturated rings. The zero-order valence-corrected chi connectivity index (χ0v) is 15.1. The van der Waals surface area contributed by atoms with E-state index in [1.165, 1.54) is 24.8 Å². The second-order valence-electron chi connectivity index (χ2n) is 6.57. The van der Waals surface area contributed by atoms with E-state index in [9.17, 15) is 4.79 Å². The number of nitrogens with zero attached hydrogens (tertiary/aromatic N) is 1. The fourth-order valence-corrected chi connectivity index (χ4v) is 3.30. The van der Waals surface area contributed by atoms with Gasteiger partial charge in [-0.2, -0.15) is 0 Å². The molecule has 4 nitrogen and oxygen atoms in total. The molecule has 25 heavy (non-hydrogen) atoms. The van der Waals surface area contributed by atoms with Crippen LogP contribution in [0, 0.1) is 0 Å². The first-order chi connectivity index (χ1) is 12.2. The first-order valence-corrected chi connectivity index (χ1v) is 9.33. The van der Waals surface area contributed by atoms with Crippen LogP contribution in [0.3, 0.4) is 0 Å². The van der Waals surface area contributed by atoms with Crippen molar-refractivity contribution in [2.45, 2.75) is 44.6 Å². The summed E-state index contributed by atoms with van der Waals surface area (Å²) in [5.74, 6) is -0.0271. The molecule has 2 aromatic rings. The number of rotatable bonds is 6. The van der Waals surface area contributed by atoms with Crippen molar-refractivity contribution in [2.24, 2.45) is 0 Å². The smallest absolute Gasteiger partial charge is 0.253 e. The summed E-state index contributed by atoms with van der Waals surface area (Å²) in [6, 6.07) is 10.0. The van der Waals surface area contributed by atoms with Crippen LogP contribution < -0.4 is 10.6 Å². The first kappa shape index (κ1) is 17.7. The highest BCUT2D eigenvalue weighted by molar-refractivity contribution is 6.30. The van der Waals surface area contributed by atoms with Crippen LogP contribution in [0.2, 0.25) is 5.02 Å². The highest BCUT2D eigenvalue weighted by Gasteiger charge is 2.16. The maximum atomic E-state index is 12.4. The number of hydrogen-bond acceptors (Lipinski definition) is 3. The number of pyridine rings is 1. The van der Waals surface area contributed by atoms with Gasteiger partial charge in [0.15, 0.2) is 0 Å². The van der Waals surface area contributed by atoms with Gasteiger partial charge in [0, 0.05) is 30.0 Å². The molecule has 0 spiro atoms. The highest BCUT2D eigenvalue weighted by atomic mass is 35.5. The fraction of sp³-hybridized carbons (Fsp3) is 0.400. The van der Waals surface area contributed by atoms with Gasteiger partial charge in [-0.25, -0.2) is 0 Å². The molecule has 0 aliphatic heterocycles. The summed E-state index contributed by atoms with van der Waals surface area (Å²) in [4.78, 5) is 16.6. The monoisotopic (exact) mass is 357 g/mol. The summed E-state index contributed by atoms with van der Waals surface area (Å²) < 4.78 is 0. The molecule has 0 atom stereocenters. The molecule has 0 saturated heterocycles. The number of carbonyl (C=O) groups is 1. The maximum absolute atomic E-state index is 12.4. The van der Waals surface area contributed by atoms with Crippen molar-refractivity contribution in [3.63, 3.8) is 0 Å². The lowest BCUT2D eigenvalue weighted by atomic mass is 9.95. The Kier molecular flexibility index (Phi) is 6.29. The molecule has 0 bridgehead atoms. The van der Waals surface area contributed by atoms with Gasteiger partial charge in [0.05, 0.1) is 11.3 Å². The van der Waals surface area contributed by atoms with E-state index in [2.05, 4.69) is 15.6 Å². The minimum Gasteiger partial charge on any atom is -0.383 e. The molecule has 1 aromatic heterocycles. The van der Waals surface area contributed by atoms with Gasteiger partial charge in [-0.3, -0.25) is 9.78 Å². The first-order valence-electron chi connectivity index (χ1n) is 8.95. The van der Waals surface area contributed by atoms with E-state index < -0.39 is 0 Å². The number of nitrogens with one attached hydrogen (secondary N) is 2. The van der Waals surface area contributed by atoms with Gasteiger partial charge in [0.25, 0.3) is 5.91 Å². The van der Waals surface area contributed by atoms with E-state index in [1.807, 2.05) is 30.3 Å². The third-order valence-corrected chi connectivity index (χ3v) is 4.85. The van der Waals surface area contributed by atoms with Crippen molar-refractivity contribution in [3.8, 4) is 0 Å². The largest absolute Gasteiger partial charge is 0.383 e. The van der Waals surface area contributed by atoms with Crippen LogP contribution in [0.1, 0.15) is 48.0 Å². The average molecular weight is 358 g/mol. The number of halogens is 1. The molecule has 1 amide bonds. The summed E-state index contributed by atoms with van der Waals surface area (Å²) in [5.41, 5.74) is 2.70. The minimum absolute atomic E-state index is 0.0271. The molecule has 132 valence electrons. The third kappa shape index (κ3) is 5.46. The Morgan fingerprint density at radius 3 is 2.64 bits per heavy atom. The van der Waals surface area contributed by atoms with E-state index in [1.54, 1.807) is 12.4 Å². The number of benzene rings is 1. The van der Waals surface area contributed by atoms with Gasteiger partial charge in [0.1, 0.15) is 0 Å². The predicted octanol–water partition coefficient (Wildman–Crippen LogP) is 4.45. The standard InChI is InChI=1S/C20H24ClN3O/c21-17-8-6-15(7-9-17)10-11-23-19-12-16(13-22-14-19)20(25)24-18-4-2-1-3-5-18/h6-9,12-14,18,23H,1-5,10-11H2,(H,24,25). The van der Waals surface area contributed by atoms with Crippen molar-refractivity contribution in [2.75, 3.05) is 11.9 Å². The maximum Gasteiger partial charge on any atom is 0.253 e. The van der Waals surface area contributed by atoms with Crippen LogP contribution >= 0.6 is 11.6 Å². The Morgan fingerprint density at radius 2 is 1.88 bits per heavy atom. The van der Waals surface area contributed by atoms with Gasteiger partial charge < -0.3 is 10.6 Å². The Morgan fingerprint density at radius 1 is 1.12 bits per heavy atom. The average Bonchev–Trinajstić information content (AvgIpc) is 2.64. The number of carbonyl (C=O) groups excluding carboxylic acids is 1. The van der Waals surface area contributed by atoms with E-state index in [-0.39, 0.29) is 5.91 Å². The quantitative estimate of drug-likeness (QED) is 0.802. The second-order valence-corrected chi connectivity index (χ2v) is 7.01. The van der Waals surface area contributed by atoms with Crippen molar-refractivity contribution in [1.82, 2.24) is 10.3 Å². The number of hydrogen-bond donors (Lipinski definition) is 2. The fourth-order valence-electron chi connectivity index (χ4n) is 3.18. The molecule has 1 aliphatic rings. The topological polar surface area (TPSA) is 54.0 Å². The summed E-state index contributed by atoms with van der Waals surface area (Å²) in [6.07, 6.45) is 10.1. The van der Waals surface area contributed by atoms with Gasteiger partial charge in [-0.05, 0) is 43.0 Å². The van der Waals surface area contributed by atoms with Gasteiger partial charge >= 0.3 is 0 Å². The number of aromatic nitrogens is 1. The summed E-state index contributed by atoms with van der Waals surface area (Å²) in [6.45, 7) is 0.775.